The fourth-order valence-electron chi connectivity index (χ4n) is 2.65. The molecule has 2 heterocycles. The van der Waals surface area contributed by atoms with Gasteiger partial charge in [-0.25, -0.2) is 0 Å². The summed E-state index contributed by atoms with van der Waals surface area (Å²) in [6.07, 6.45) is -3.73. The largest absolute Gasteiger partial charge is 0.418 e. The molecule has 1 aliphatic rings. The minimum absolute atomic E-state index is 0.114. The van der Waals surface area contributed by atoms with Gasteiger partial charge in [0.2, 0.25) is 0 Å². The molecule has 9 heteroatoms. The average Bonchev–Trinajstić information content (AvgIpc) is 3.16. The van der Waals surface area contributed by atoms with Crippen LogP contribution in [0.3, 0.4) is 0 Å². The lowest BCUT2D eigenvalue weighted by molar-refractivity contribution is -0.136. The predicted molar refractivity (Wildman–Crippen MR) is 86.9 cm³/mol. The second kappa shape index (κ2) is 6.90. The molecule has 1 saturated heterocycles. The Kier molecular flexibility index (Phi) is 4.83. The molecular formula is C16H14F3N3O2S. The zero-order valence-corrected chi connectivity index (χ0v) is 13.8. The second-order valence-electron chi connectivity index (χ2n) is 5.67. The summed E-state index contributed by atoms with van der Waals surface area (Å²) in [4.78, 5) is 12.3. The molecule has 1 fully saturated rings. The predicted octanol–water partition coefficient (Wildman–Crippen LogP) is 3.58. The van der Waals surface area contributed by atoms with E-state index < -0.39 is 17.3 Å². The number of hydrogen-bond acceptors (Lipinski definition) is 5. The zero-order chi connectivity index (χ0) is 18.0. The molecule has 25 heavy (non-hydrogen) atoms. The van der Waals surface area contributed by atoms with Crippen molar-refractivity contribution in [3.8, 4) is 6.07 Å². The lowest BCUT2D eigenvalue weighted by Gasteiger charge is -2.13. The maximum atomic E-state index is 13.1. The normalized spacial score (nSPS) is 17.4. The lowest BCUT2D eigenvalue weighted by Crippen LogP contribution is -2.20. The van der Waals surface area contributed by atoms with Gasteiger partial charge in [0.1, 0.15) is 11.1 Å². The number of nitriles is 1. The molecular weight excluding hydrogens is 355 g/mol. The van der Waals surface area contributed by atoms with Crippen molar-refractivity contribution in [2.75, 3.05) is 18.5 Å². The van der Waals surface area contributed by atoms with Crippen LogP contribution >= 0.6 is 11.5 Å². The monoisotopic (exact) mass is 369 g/mol. The van der Waals surface area contributed by atoms with Crippen molar-refractivity contribution in [1.82, 2.24) is 3.96 Å². The van der Waals surface area contributed by atoms with E-state index in [9.17, 15) is 23.2 Å². The van der Waals surface area contributed by atoms with Crippen LogP contribution in [0.4, 0.5) is 23.9 Å². The summed E-state index contributed by atoms with van der Waals surface area (Å²) in [7, 11) is 0. The van der Waals surface area contributed by atoms with Gasteiger partial charge in [-0.3, -0.25) is 8.75 Å². The third kappa shape index (κ3) is 3.70. The van der Waals surface area contributed by atoms with Gasteiger partial charge >= 0.3 is 6.18 Å². The van der Waals surface area contributed by atoms with Crippen molar-refractivity contribution in [3.63, 3.8) is 0 Å². The van der Waals surface area contributed by atoms with E-state index in [1.54, 1.807) is 6.07 Å². The number of benzene rings is 1. The Morgan fingerprint density at radius 2 is 2.16 bits per heavy atom. The summed E-state index contributed by atoms with van der Waals surface area (Å²) in [6.45, 7) is 1.55. The van der Waals surface area contributed by atoms with Gasteiger partial charge in [0.15, 0.2) is 5.56 Å². The van der Waals surface area contributed by atoms with Gasteiger partial charge in [0.25, 0.3) is 5.56 Å². The molecule has 0 bridgehead atoms. The van der Waals surface area contributed by atoms with E-state index in [-0.39, 0.29) is 22.2 Å². The number of alkyl halides is 3. The van der Waals surface area contributed by atoms with Crippen LogP contribution < -0.4 is 10.9 Å². The highest BCUT2D eigenvalue weighted by Gasteiger charge is 2.33. The fourth-order valence-corrected chi connectivity index (χ4v) is 3.71. The van der Waals surface area contributed by atoms with E-state index in [1.165, 1.54) is 22.2 Å². The van der Waals surface area contributed by atoms with E-state index in [0.29, 0.717) is 19.8 Å². The third-order valence-electron chi connectivity index (χ3n) is 3.91. The molecule has 2 aromatic rings. The van der Waals surface area contributed by atoms with Gasteiger partial charge in [-0.1, -0.05) is 12.1 Å². The number of hydrogen-bond donors (Lipinski definition) is 1. The first-order valence-electron chi connectivity index (χ1n) is 7.55. The fraction of sp³-hybridized carbons (Fsp3) is 0.375. The summed E-state index contributed by atoms with van der Waals surface area (Å²) in [5.74, 6) is 0.165. The first kappa shape index (κ1) is 17.5. The highest BCUT2D eigenvalue weighted by atomic mass is 32.1. The van der Waals surface area contributed by atoms with Crippen LogP contribution in [-0.4, -0.2) is 17.2 Å². The first-order valence-corrected chi connectivity index (χ1v) is 8.32. The van der Waals surface area contributed by atoms with Gasteiger partial charge in [-0.05, 0) is 30.1 Å². The van der Waals surface area contributed by atoms with Crippen molar-refractivity contribution in [2.45, 2.75) is 19.1 Å². The van der Waals surface area contributed by atoms with E-state index >= 15 is 0 Å². The topological polar surface area (TPSA) is 67.1 Å². The SMILES string of the molecule is N#Cc1c(Nc2ccccc2C(F)(F)F)sn(C[C@H]2CCOC2)c1=O. The molecule has 1 atom stereocenters. The molecule has 1 aliphatic heterocycles. The molecule has 0 spiro atoms. The lowest BCUT2D eigenvalue weighted by atomic mass is 10.1. The van der Waals surface area contributed by atoms with Crippen molar-refractivity contribution in [3.05, 3.63) is 45.7 Å². The highest BCUT2D eigenvalue weighted by molar-refractivity contribution is 7.11. The van der Waals surface area contributed by atoms with Crippen LogP contribution in [0.25, 0.3) is 0 Å². The van der Waals surface area contributed by atoms with Crippen molar-refractivity contribution >= 4 is 22.2 Å². The number of aromatic nitrogens is 1. The highest BCUT2D eigenvalue weighted by Crippen LogP contribution is 2.37. The van der Waals surface area contributed by atoms with Crippen LogP contribution in [-0.2, 0) is 17.5 Å². The molecule has 0 unspecified atom stereocenters. The van der Waals surface area contributed by atoms with Crippen LogP contribution in [0.5, 0.6) is 0 Å². The van der Waals surface area contributed by atoms with Crippen LogP contribution in [0.1, 0.15) is 17.5 Å². The standard InChI is InChI=1S/C16H14F3N3O2S/c17-16(18,19)12-3-1-2-4-13(12)21-14-11(7-20)15(23)22(25-14)8-10-5-6-24-9-10/h1-4,10,21H,5-6,8-9H2/t10-/m1/s1. The molecule has 3 rings (SSSR count). The van der Waals surface area contributed by atoms with Gasteiger partial charge in [0, 0.05) is 19.1 Å². The summed E-state index contributed by atoms with van der Waals surface area (Å²) < 4.78 is 46.0. The number of para-hydroxylation sites is 1. The van der Waals surface area contributed by atoms with Crippen molar-refractivity contribution < 1.29 is 17.9 Å². The quantitative estimate of drug-likeness (QED) is 0.895. The minimum atomic E-state index is -4.54. The molecule has 132 valence electrons. The number of ether oxygens (including phenoxy) is 1. The number of anilines is 2. The van der Waals surface area contributed by atoms with Gasteiger partial charge in [0.05, 0.1) is 17.9 Å². The summed E-state index contributed by atoms with van der Waals surface area (Å²) >= 11 is 0.959. The Morgan fingerprint density at radius 3 is 2.80 bits per heavy atom. The van der Waals surface area contributed by atoms with E-state index in [4.69, 9.17) is 4.74 Å². The van der Waals surface area contributed by atoms with Crippen molar-refractivity contribution in [2.24, 2.45) is 5.92 Å². The minimum Gasteiger partial charge on any atom is -0.381 e. The molecule has 1 aromatic carbocycles. The van der Waals surface area contributed by atoms with Crippen molar-refractivity contribution in [1.29, 1.82) is 5.26 Å². The molecule has 0 radical (unpaired) electrons. The molecule has 5 nitrogen and oxygen atoms in total. The molecule has 0 amide bonds. The van der Waals surface area contributed by atoms with Crippen LogP contribution in [0.15, 0.2) is 29.1 Å². The third-order valence-corrected chi connectivity index (χ3v) is 4.93. The van der Waals surface area contributed by atoms with Gasteiger partial charge < -0.3 is 10.1 Å². The first-order chi connectivity index (χ1) is 11.9. The molecule has 1 N–H and O–H groups in total. The molecule has 0 saturated carbocycles. The average molecular weight is 369 g/mol. The summed E-state index contributed by atoms with van der Waals surface area (Å²) in [6, 6.07) is 6.75. The smallest absolute Gasteiger partial charge is 0.381 e. The van der Waals surface area contributed by atoms with E-state index in [0.717, 1.165) is 24.0 Å². The maximum Gasteiger partial charge on any atom is 0.418 e. The van der Waals surface area contributed by atoms with E-state index in [2.05, 4.69) is 5.32 Å². The van der Waals surface area contributed by atoms with Crippen LogP contribution in [0.2, 0.25) is 0 Å². The number of nitrogens with one attached hydrogen (secondary N) is 1. The Morgan fingerprint density at radius 1 is 1.40 bits per heavy atom. The Labute approximate surface area is 145 Å². The summed E-state index contributed by atoms with van der Waals surface area (Å²) in [5, 5.41) is 12.0. The maximum absolute atomic E-state index is 13.1. The second-order valence-corrected chi connectivity index (χ2v) is 6.70. The Bertz CT molecular complexity index is 861. The number of rotatable bonds is 4. The van der Waals surface area contributed by atoms with E-state index in [1.807, 2.05) is 0 Å². The number of nitrogens with zero attached hydrogens (tertiary/aromatic N) is 2. The van der Waals surface area contributed by atoms with Gasteiger partial charge in [-0.15, -0.1) is 0 Å². The molecule has 0 aliphatic carbocycles. The molecule has 1 aromatic heterocycles. The Balaban J connectivity index is 1.93. The summed E-state index contributed by atoms with van der Waals surface area (Å²) in [5.41, 5.74) is -1.72. The van der Waals surface area contributed by atoms with Gasteiger partial charge in [-0.2, -0.15) is 18.4 Å². The number of halogens is 3. The zero-order valence-electron chi connectivity index (χ0n) is 13.0. The Hall–Kier alpha value is -2.31. The van der Waals surface area contributed by atoms with Crippen LogP contribution in [0, 0.1) is 17.2 Å².